The van der Waals surface area contributed by atoms with E-state index < -0.39 is 47.4 Å². The monoisotopic (exact) mass is 830 g/mol. The molecule has 0 aliphatic rings. The molecule has 0 aromatic heterocycles. The molecule has 0 aliphatic carbocycles. The van der Waals surface area contributed by atoms with Crippen molar-refractivity contribution in [1.82, 2.24) is 0 Å². The second-order valence-corrected chi connectivity index (χ2v) is 37.8. The Morgan fingerprint density at radius 3 is 0.884 bits per heavy atom. The van der Waals surface area contributed by atoms with Gasteiger partial charge in [-0.25, -0.2) is 0 Å². The van der Waals surface area contributed by atoms with Crippen LogP contribution in [0.4, 0.5) is 0 Å². The van der Waals surface area contributed by atoms with Crippen LogP contribution in [0.2, 0.25) is 26.6 Å². The van der Waals surface area contributed by atoms with Gasteiger partial charge in [0.1, 0.15) is 0 Å². The predicted octanol–water partition coefficient (Wildman–Crippen LogP) is 12.0. The maximum atomic E-state index is 13.6. The third-order valence-electron chi connectivity index (χ3n) is 8.85. The molecule has 0 spiro atoms. The van der Waals surface area contributed by atoms with E-state index in [2.05, 4.69) is 41.5 Å². The first kappa shape index (κ1) is 38.8. The van der Waals surface area contributed by atoms with E-state index in [4.69, 9.17) is 6.15 Å². The molecule has 2 aromatic rings. The maximum absolute atomic E-state index is 13.6. The molecule has 43 heavy (non-hydrogen) atoms. The fourth-order valence-electron chi connectivity index (χ4n) is 6.06. The molecule has 2 aromatic carbocycles. The Bertz CT molecular complexity index is 990. The number of rotatable bonds is 24. The molecular formula is C36H62O4SSn2. The van der Waals surface area contributed by atoms with E-state index in [1.165, 1.54) is 104 Å². The van der Waals surface area contributed by atoms with Gasteiger partial charge in [0.25, 0.3) is 0 Å². The fourth-order valence-corrected chi connectivity index (χ4v) is 34.1. The predicted molar refractivity (Wildman–Crippen MR) is 189 cm³/mol. The second-order valence-electron chi connectivity index (χ2n) is 12.6. The molecule has 244 valence electrons. The molecule has 0 heterocycles. The standard InChI is InChI=1S/C12H10O4S.6C4H9.2Sn/c13-9-1-5-11(6-2-9)17(15,16)12-7-3-10(14)4-8-12;6*1-3-4-2;;/h1-8,13-14H;6*1,3-4H2,2H3;;/q;;;;;;;2*+1/p-2. The number of hydrogen-bond donors (Lipinski definition) is 0. The Balaban J connectivity index is 2.26. The van der Waals surface area contributed by atoms with Gasteiger partial charge in [-0.1, -0.05) is 0 Å². The van der Waals surface area contributed by atoms with Crippen LogP contribution in [0.1, 0.15) is 119 Å². The summed E-state index contributed by atoms with van der Waals surface area (Å²) in [6, 6.07) is 14.6. The van der Waals surface area contributed by atoms with Crippen LogP contribution in [-0.4, -0.2) is 46.0 Å². The van der Waals surface area contributed by atoms with Gasteiger partial charge in [0.15, 0.2) is 0 Å². The summed E-state index contributed by atoms with van der Waals surface area (Å²) in [6.45, 7) is 13.6. The Morgan fingerprint density at radius 1 is 0.442 bits per heavy atom. The Morgan fingerprint density at radius 2 is 0.674 bits per heavy atom. The fraction of sp³-hybridized carbons (Fsp3) is 0.667. The average Bonchev–Trinajstić information content (AvgIpc) is 3.02. The van der Waals surface area contributed by atoms with Gasteiger partial charge in [-0.15, -0.1) is 0 Å². The van der Waals surface area contributed by atoms with Crippen LogP contribution in [-0.2, 0) is 9.84 Å². The van der Waals surface area contributed by atoms with Crippen molar-refractivity contribution in [2.24, 2.45) is 0 Å². The zero-order valence-electron chi connectivity index (χ0n) is 28.4. The van der Waals surface area contributed by atoms with Crippen molar-refractivity contribution in [3.8, 4) is 11.5 Å². The molecule has 0 fully saturated rings. The zero-order chi connectivity index (χ0) is 31.6. The van der Waals surface area contributed by atoms with E-state index in [1.54, 1.807) is 24.3 Å². The van der Waals surface area contributed by atoms with Crippen LogP contribution in [0.25, 0.3) is 0 Å². The third-order valence-corrected chi connectivity index (χ3v) is 36.1. The molecule has 0 N–H and O–H groups in total. The van der Waals surface area contributed by atoms with E-state index in [1.807, 2.05) is 24.3 Å². The van der Waals surface area contributed by atoms with Gasteiger partial charge in [-0.05, 0) is 0 Å². The molecule has 0 amide bonds. The summed E-state index contributed by atoms with van der Waals surface area (Å²) >= 11 is -5.68. The molecule has 0 bridgehead atoms. The van der Waals surface area contributed by atoms with Gasteiger partial charge in [0.2, 0.25) is 0 Å². The van der Waals surface area contributed by atoms with E-state index >= 15 is 0 Å². The molecule has 0 unspecified atom stereocenters. The molecule has 0 atom stereocenters. The number of unbranched alkanes of at least 4 members (excludes halogenated alkanes) is 6. The first-order chi connectivity index (χ1) is 20.7. The average molecular weight is 828 g/mol. The summed E-state index contributed by atoms with van der Waals surface area (Å²) < 4.78 is 48.6. The number of sulfone groups is 1. The molecule has 0 aliphatic heterocycles. The molecule has 4 nitrogen and oxygen atoms in total. The Labute approximate surface area is 274 Å². The van der Waals surface area contributed by atoms with E-state index in [-0.39, 0.29) is 0 Å². The van der Waals surface area contributed by atoms with Gasteiger partial charge in [0, 0.05) is 0 Å². The van der Waals surface area contributed by atoms with Gasteiger partial charge < -0.3 is 0 Å². The summed E-state index contributed by atoms with van der Waals surface area (Å²) in [6.07, 6.45) is 14.6. The van der Waals surface area contributed by atoms with Crippen molar-refractivity contribution in [2.75, 3.05) is 0 Å². The number of hydrogen-bond acceptors (Lipinski definition) is 4. The van der Waals surface area contributed by atoms with Crippen LogP contribution in [0, 0.1) is 0 Å². The number of benzene rings is 2. The summed E-state index contributed by atoms with van der Waals surface area (Å²) in [5, 5.41) is 0. The Hall–Kier alpha value is -0.413. The van der Waals surface area contributed by atoms with Gasteiger partial charge in [-0.3, -0.25) is 0 Å². The first-order valence-electron chi connectivity index (χ1n) is 17.6. The molecule has 0 saturated heterocycles. The second kappa shape index (κ2) is 20.7. The van der Waals surface area contributed by atoms with E-state index in [0.717, 1.165) is 11.5 Å². The van der Waals surface area contributed by atoms with Crippen molar-refractivity contribution in [3.63, 3.8) is 0 Å². The normalized spacial score (nSPS) is 12.4. The van der Waals surface area contributed by atoms with Crippen LogP contribution < -0.4 is 6.15 Å². The van der Waals surface area contributed by atoms with Gasteiger partial charge >= 0.3 is 277 Å². The third kappa shape index (κ3) is 12.7. The SMILES string of the molecule is CCC[CH2][Sn]([CH2]CCC)([CH2]CCC)[O]c1ccc(S(=O)(=O)c2ccc([O][Sn]([CH2]CCC)([CH2]CCC)[CH2]CCC)cc2)cc1. The van der Waals surface area contributed by atoms with Crippen LogP contribution >= 0.6 is 0 Å². The molecule has 0 radical (unpaired) electrons. The summed E-state index contributed by atoms with van der Waals surface area (Å²) in [5.41, 5.74) is 0. The summed E-state index contributed by atoms with van der Waals surface area (Å²) in [4.78, 5) is 0.653. The molecule has 0 saturated carbocycles. The quantitative estimate of drug-likeness (QED) is 0.0989. The van der Waals surface area contributed by atoms with Crippen LogP contribution in [0.15, 0.2) is 58.3 Å². The van der Waals surface area contributed by atoms with Crippen molar-refractivity contribution >= 4 is 47.4 Å². The topological polar surface area (TPSA) is 52.6 Å². The van der Waals surface area contributed by atoms with Crippen molar-refractivity contribution in [1.29, 1.82) is 0 Å². The van der Waals surface area contributed by atoms with Crippen LogP contribution in [0.5, 0.6) is 11.5 Å². The van der Waals surface area contributed by atoms with Crippen molar-refractivity contribution in [3.05, 3.63) is 48.5 Å². The molecule has 7 heteroatoms. The van der Waals surface area contributed by atoms with E-state index in [0.29, 0.717) is 9.79 Å². The van der Waals surface area contributed by atoms with Crippen LogP contribution in [0.3, 0.4) is 0 Å². The first-order valence-corrected chi connectivity index (χ1v) is 33.5. The molecule has 2 rings (SSSR count). The van der Waals surface area contributed by atoms with E-state index in [9.17, 15) is 8.42 Å². The Kier molecular flexibility index (Phi) is 18.6. The van der Waals surface area contributed by atoms with Gasteiger partial charge in [-0.2, -0.15) is 0 Å². The van der Waals surface area contributed by atoms with Crippen molar-refractivity contribution < 1.29 is 14.6 Å². The minimum absolute atomic E-state index is 0.326. The molecular weight excluding hydrogens is 766 g/mol. The summed E-state index contributed by atoms with van der Waals surface area (Å²) in [7, 11) is -3.62. The van der Waals surface area contributed by atoms with Crippen molar-refractivity contribution in [2.45, 2.75) is 155 Å². The minimum atomic E-state index is -3.62. The van der Waals surface area contributed by atoms with Gasteiger partial charge in [0.05, 0.1) is 0 Å². The zero-order valence-corrected chi connectivity index (χ0v) is 34.9. The summed E-state index contributed by atoms with van der Waals surface area (Å²) in [5.74, 6) is 1.72.